The van der Waals surface area contributed by atoms with Crippen molar-refractivity contribution in [3.05, 3.63) is 60.2 Å². The molecule has 4 amide bonds. The van der Waals surface area contributed by atoms with Crippen LogP contribution in [-0.2, 0) is 14.3 Å². The lowest BCUT2D eigenvalue weighted by atomic mass is 10.0. The van der Waals surface area contributed by atoms with Crippen LogP contribution < -0.4 is 21.4 Å². The van der Waals surface area contributed by atoms with Crippen LogP contribution >= 0.6 is 0 Å². The maximum atomic E-state index is 12.6. The Bertz CT molecular complexity index is 971. The van der Waals surface area contributed by atoms with Gasteiger partial charge in [0.15, 0.2) is 0 Å². The van der Waals surface area contributed by atoms with Gasteiger partial charge in [-0.2, -0.15) is 0 Å². The Hall–Kier alpha value is -3.92. The molecular formula is C23H28N4O6. The highest BCUT2D eigenvalue weighted by atomic mass is 16.6. The van der Waals surface area contributed by atoms with E-state index < -0.39 is 42.0 Å². The predicted molar refractivity (Wildman–Crippen MR) is 120 cm³/mol. The number of amides is 4. The molecule has 0 fully saturated rings. The van der Waals surface area contributed by atoms with E-state index in [1.165, 1.54) is 5.48 Å². The molecule has 1 unspecified atom stereocenters. The Morgan fingerprint density at radius 3 is 2.09 bits per heavy atom. The summed E-state index contributed by atoms with van der Waals surface area (Å²) in [7, 11) is 0. The van der Waals surface area contributed by atoms with Crippen molar-refractivity contribution >= 4 is 23.8 Å². The third-order valence-corrected chi connectivity index (χ3v) is 4.28. The summed E-state index contributed by atoms with van der Waals surface area (Å²) in [6.45, 7) is 4.35. The zero-order valence-corrected chi connectivity index (χ0v) is 18.7. The molecule has 0 saturated heterocycles. The molecule has 0 aliphatic carbocycles. The van der Waals surface area contributed by atoms with E-state index in [0.717, 1.165) is 11.1 Å². The molecule has 0 bridgehead atoms. The Labute approximate surface area is 191 Å². The second-order valence-electron chi connectivity index (χ2n) is 8.10. The van der Waals surface area contributed by atoms with Gasteiger partial charge >= 0.3 is 6.09 Å². The molecule has 33 heavy (non-hydrogen) atoms. The fourth-order valence-corrected chi connectivity index (χ4v) is 2.72. The third kappa shape index (κ3) is 8.62. The molecule has 0 aromatic heterocycles. The molecule has 10 nitrogen and oxygen atoms in total. The maximum Gasteiger partial charge on any atom is 0.408 e. The fourth-order valence-electron chi connectivity index (χ4n) is 2.72. The van der Waals surface area contributed by atoms with E-state index in [2.05, 4.69) is 16.0 Å². The zero-order valence-electron chi connectivity index (χ0n) is 18.7. The van der Waals surface area contributed by atoms with Gasteiger partial charge in [0.25, 0.3) is 11.8 Å². The van der Waals surface area contributed by atoms with Crippen LogP contribution in [0.25, 0.3) is 11.1 Å². The first-order valence-corrected chi connectivity index (χ1v) is 10.2. The van der Waals surface area contributed by atoms with Crippen molar-refractivity contribution in [3.8, 4) is 11.1 Å². The van der Waals surface area contributed by atoms with Gasteiger partial charge in [-0.3, -0.25) is 19.6 Å². The number of rotatable bonds is 8. The predicted octanol–water partition coefficient (Wildman–Crippen LogP) is 1.60. The molecule has 0 spiro atoms. The summed E-state index contributed by atoms with van der Waals surface area (Å²) < 4.78 is 5.02. The Morgan fingerprint density at radius 1 is 0.909 bits per heavy atom. The number of ether oxygens (including phenoxy) is 1. The summed E-state index contributed by atoms with van der Waals surface area (Å²) in [5, 5.41) is 16.1. The van der Waals surface area contributed by atoms with Crippen molar-refractivity contribution in [2.75, 3.05) is 13.1 Å². The molecule has 0 aliphatic rings. The average Bonchev–Trinajstić information content (AvgIpc) is 2.79. The molecule has 0 heterocycles. The van der Waals surface area contributed by atoms with Gasteiger partial charge in [-0.25, -0.2) is 10.3 Å². The van der Waals surface area contributed by atoms with Crippen LogP contribution in [0.4, 0.5) is 4.79 Å². The lowest BCUT2D eigenvalue weighted by Crippen LogP contribution is -2.53. The lowest BCUT2D eigenvalue weighted by Gasteiger charge is -2.20. The normalized spacial score (nSPS) is 11.6. The standard InChI is InChI=1S/C23H28N4O6/c1-23(2,3)33-22(31)25-14-19(28)24-13-18(21(30)27-32)26-20(29)17-11-9-16(10-12-17)15-7-5-4-6-8-15/h4-12,18,32H,13-14H2,1-3H3,(H,24,28)(H,25,31)(H,26,29)(H,27,30). The van der Waals surface area contributed by atoms with E-state index in [1.54, 1.807) is 45.0 Å². The Balaban J connectivity index is 1.91. The van der Waals surface area contributed by atoms with Crippen LogP contribution in [-0.4, -0.2) is 53.8 Å². The van der Waals surface area contributed by atoms with Crippen molar-refractivity contribution < 1.29 is 29.1 Å². The molecule has 0 aliphatic heterocycles. The van der Waals surface area contributed by atoms with Gasteiger partial charge in [0, 0.05) is 12.1 Å². The summed E-state index contributed by atoms with van der Waals surface area (Å²) in [5.41, 5.74) is 2.95. The van der Waals surface area contributed by atoms with Crippen LogP contribution in [0, 0.1) is 0 Å². The number of hydrogen-bond donors (Lipinski definition) is 5. The van der Waals surface area contributed by atoms with E-state index in [-0.39, 0.29) is 6.54 Å². The van der Waals surface area contributed by atoms with Crippen molar-refractivity contribution in [2.45, 2.75) is 32.4 Å². The summed E-state index contributed by atoms with van der Waals surface area (Å²) in [4.78, 5) is 48.1. The molecule has 0 radical (unpaired) electrons. The van der Waals surface area contributed by atoms with Gasteiger partial charge in [-0.05, 0) is 44.0 Å². The van der Waals surface area contributed by atoms with Gasteiger partial charge in [-0.1, -0.05) is 42.5 Å². The van der Waals surface area contributed by atoms with E-state index in [4.69, 9.17) is 9.94 Å². The molecular weight excluding hydrogens is 428 g/mol. The molecule has 5 N–H and O–H groups in total. The Kier molecular flexibility index (Phi) is 8.93. The van der Waals surface area contributed by atoms with Gasteiger partial charge in [0.05, 0.1) is 6.54 Å². The van der Waals surface area contributed by atoms with Crippen LogP contribution in [0.5, 0.6) is 0 Å². The van der Waals surface area contributed by atoms with Crippen LogP contribution in [0.3, 0.4) is 0 Å². The van der Waals surface area contributed by atoms with Crippen molar-refractivity contribution in [1.29, 1.82) is 0 Å². The largest absolute Gasteiger partial charge is 0.444 e. The monoisotopic (exact) mass is 456 g/mol. The second kappa shape index (κ2) is 11.6. The molecule has 2 rings (SSSR count). The summed E-state index contributed by atoms with van der Waals surface area (Å²) in [6, 6.07) is 15.1. The van der Waals surface area contributed by atoms with Crippen LogP contribution in [0.1, 0.15) is 31.1 Å². The minimum absolute atomic E-state index is 0.295. The number of alkyl carbamates (subject to hydrolysis) is 1. The van der Waals surface area contributed by atoms with Gasteiger partial charge in [-0.15, -0.1) is 0 Å². The smallest absolute Gasteiger partial charge is 0.408 e. The SMILES string of the molecule is CC(C)(C)OC(=O)NCC(=O)NCC(NC(=O)c1ccc(-c2ccccc2)cc1)C(=O)NO. The van der Waals surface area contributed by atoms with E-state index >= 15 is 0 Å². The third-order valence-electron chi connectivity index (χ3n) is 4.28. The first kappa shape index (κ1) is 25.3. The zero-order chi connectivity index (χ0) is 24.4. The highest BCUT2D eigenvalue weighted by Crippen LogP contribution is 2.19. The van der Waals surface area contributed by atoms with Gasteiger partial charge in [0.1, 0.15) is 11.6 Å². The highest BCUT2D eigenvalue weighted by Gasteiger charge is 2.22. The average molecular weight is 456 g/mol. The van der Waals surface area contributed by atoms with Crippen molar-refractivity contribution in [3.63, 3.8) is 0 Å². The molecule has 2 aromatic carbocycles. The van der Waals surface area contributed by atoms with Crippen LogP contribution in [0.2, 0.25) is 0 Å². The van der Waals surface area contributed by atoms with E-state index in [9.17, 15) is 19.2 Å². The lowest BCUT2D eigenvalue weighted by molar-refractivity contribution is -0.131. The molecule has 1 atom stereocenters. The molecule has 176 valence electrons. The minimum Gasteiger partial charge on any atom is -0.444 e. The van der Waals surface area contributed by atoms with Gasteiger partial charge < -0.3 is 20.7 Å². The fraction of sp³-hybridized carbons (Fsp3) is 0.304. The number of hydrogen-bond acceptors (Lipinski definition) is 6. The van der Waals surface area contributed by atoms with Crippen molar-refractivity contribution in [1.82, 2.24) is 21.4 Å². The minimum atomic E-state index is -1.25. The van der Waals surface area contributed by atoms with Crippen LogP contribution in [0.15, 0.2) is 54.6 Å². The Morgan fingerprint density at radius 2 is 1.52 bits per heavy atom. The number of benzene rings is 2. The summed E-state index contributed by atoms with van der Waals surface area (Å²) in [6.07, 6.45) is -0.769. The second-order valence-corrected chi connectivity index (χ2v) is 8.10. The first-order valence-electron chi connectivity index (χ1n) is 10.2. The molecule has 2 aromatic rings. The number of nitrogens with one attached hydrogen (secondary N) is 4. The topological polar surface area (TPSA) is 146 Å². The van der Waals surface area contributed by atoms with E-state index in [1.807, 2.05) is 30.3 Å². The number of hydroxylamine groups is 1. The maximum absolute atomic E-state index is 12.6. The number of carbonyl (C=O) groups excluding carboxylic acids is 4. The summed E-state index contributed by atoms with van der Waals surface area (Å²) in [5.74, 6) is -2.09. The first-order chi connectivity index (χ1) is 15.6. The molecule has 10 heteroatoms. The molecule has 0 saturated carbocycles. The quantitative estimate of drug-likeness (QED) is 0.301. The highest BCUT2D eigenvalue weighted by molar-refractivity contribution is 5.98. The van der Waals surface area contributed by atoms with Gasteiger partial charge in [0.2, 0.25) is 5.91 Å². The van der Waals surface area contributed by atoms with E-state index in [0.29, 0.717) is 5.56 Å². The number of carbonyl (C=O) groups is 4. The summed E-state index contributed by atoms with van der Waals surface area (Å²) >= 11 is 0. The van der Waals surface area contributed by atoms with Crippen molar-refractivity contribution in [2.24, 2.45) is 0 Å².